The molecule has 0 aliphatic carbocycles. The maximum atomic E-state index is 11.5. The Morgan fingerprint density at radius 3 is 2.48 bits per heavy atom. The predicted octanol–water partition coefficient (Wildman–Crippen LogP) is 1.28. The van der Waals surface area contributed by atoms with Gasteiger partial charge in [0.25, 0.3) is 12.6 Å². The zero-order valence-corrected chi connectivity index (χ0v) is 16.1. The molecule has 1 aliphatic heterocycles. The molecule has 3 rings (SSSR count). The van der Waals surface area contributed by atoms with Crippen molar-refractivity contribution in [3.63, 3.8) is 0 Å². The Morgan fingerprint density at radius 1 is 1.21 bits per heavy atom. The van der Waals surface area contributed by atoms with Gasteiger partial charge in [-0.3, -0.25) is 14.4 Å². The molecule has 0 radical (unpaired) electrons. The quantitative estimate of drug-likeness (QED) is 0.631. The third-order valence-corrected chi connectivity index (χ3v) is 4.59. The number of carbonyl (C=O) groups excluding carboxylic acids is 2. The number of primary amides is 1. The van der Waals surface area contributed by atoms with Gasteiger partial charge in [-0.05, 0) is 24.3 Å². The Hall–Kier alpha value is -3.87. The Kier molecular flexibility index (Phi) is 6.09. The van der Waals surface area contributed by atoms with Gasteiger partial charge in [0, 0.05) is 50.7 Å². The van der Waals surface area contributed by atoms with Gasteiger partial charge in [0.2, 0.25) is 11.9 Å². The Morgan fingerprint density at radius 2 is 1.90 bits per heavy atom. The summed E-state index contributed by atoms with van der Waals surface area (Å²) < 4.78 is 0. The number of hydrogen-bond donors (Lipinski definition) is 3. The molecule has 0 unspecified atom stereocenters. The fourth-order valence-electron chi connectivity index (χ4n) is 3.04. The van der Waals surface area contributed by atoms with Crippen molar-refractivity contribution in [2.45, 2.75) is 6.92 Å². The van der Waals surface area contributed by atoms with E-state index in [-0.39, 0.29) is 29.9 Å². The van der Waals surface area contributed by atoms with E-state index < -0.39 is 5.91 Å². The molecule has 0 spiro atoms. The summed E-state index contributed by atoms with van der Waals surface area (Å²) in [5.41, 5.74) is 7.29. The molecule has 1 fully saturated rings. The first-order chi connectivity index (χ1) is 14.0. The summed E-state index contributed by atoms with van der Waals surface area (Å²) in [5.74, 6) is -0.0636. The standard InChI is InChI=1S/C19H22N8O2/c1-13(28)26-7-9-27(10-8-26)15-5-3-14(4-6-15)24-19-22-11-16(17(20)29)18(25-19)23-12-21-2/h3-6,11H,7-10,12H2,1H3,(H2,20,29)(H2,22,23,24,25). The third kappa shape index (κ3) is 4.90. The van der Waals surface area contributed by atoms with Gasteiger partial charge in [-0.15, -0.1) is 0 Å². The van der Waals surface area contributed by atoms with Crippen molar-refractivity contribution in [3.8, 4) is 0 Å². The number of rotatable bonds is 6. The summed E-state index contributed by atoms with van der Waals surface area (Å²) >= 11 is 0. The lowest BCUT2D eigenvalue weighted by Gasteiger charge is -2.35. The first kappa shape index (κ1) is 19.9. The highest BCUT2D eigenvalue weighted by Crippen LogP contribution is 2.22. The van der Waals surface area contributed by atoms with Crippen LogP contribution in [0.5, 0.6) is 0 Å². The van der Waals surface area contributed by atoms with Crippen LogP contribution in [0.1, 0.15) is 17.3 Å². The van der Waals surface area contributed by atoms with E-state index in [2.05, 4.69) is 30.3 Å². The molecule has 1 aromatic heterocycles. The van der Waals surface area contributed by atoms with Crippen LogP contribution < -0.4 is 21.3 Å². The molecular formula is C19H22N8O2. The molecule has 1 aromatic carbocycles. The van der Waals surface area contributed by atoms with E-state index in [1.807, 2.05) is 29.2 Å². The second kappa shape index (κ2) is 8.88. The smallest absolute Gasteiger partial charge is 0.288 e. The van der Waals surface area contributed by atoms with Crippen molar-refractivity contribution in [2.24, 2.45) is 5.73 Å². The Bertz CT molecular complexity index is 930. The highest BCUT2D eigenvalue weighted by atomic mass is 16.2. The van der Waals surface area contributed by atoms with Crippen molar-refractivity contribution >= 4 is 35.0 Å². The third-order valence-electron chi connectivity index (χ3n) is 4.59. The summed E-state index contributed by atoms with van der Waals surface area (Å²) in [7, 11) is 0. The number of piperazine rings is 1. The molecule has 0 bridgehead atoms. The molecule has 2 heterocycles. The zero-order chi connectivity index (χ0) is 20.8. The fraction of sp³-hybridized carbons (Fsp3) is 0.316. The van der Waals surface area contributed by atoms with Crippen molar-refractivity contribution in [1.29, 1.82) is 0 Å². The minimum Gasteiger partial charge on any atom is -0.368 e. The molecule has 1 saturated heterocycles. The van der Waals surface area contributed by atoms with Gasteiger partial charge in [-0.25, -0.2) is 11.6 Å². The van der Waals surface area contributed by atoms with Gasteiger partial charge in [-0.2, -0.15) is 4.98 Å². The average Bonchev–Trinajstić information content (AvgIpc) is 2.73. The predicted molar refractivity (Wildman–Crippen MR) is 110 cm³/mol. The van der Waals surface area contributed by atoms with E-state index in [0.717, 1.165) is 37.6 Å². The number of nitrogens with zero attached hydrogens (tertiary/aromatic N) is 5. The average molecular weight is 394 g/mol. The van der Waals surface area contributed by atoms with Crippen LogP contribution in [0.3, 0.4) is 0 Å². The van der Waals surface area contributed by atoms with E-state index >= 15 is 0 Å². The van der Waals surface area contributed by atoms with Gasteiger partial charge in [0.05, 0.1) is 0 Å². The van der Waals surface area contributed by atoms with Crippen molar-refractivity contribution < 1.29 is 9.59 Å². The summed E-state index contributed by atoms with van der Waals surface area (Å²) in [6.07, 6.45) is 1.33. The minimum absolute atomic E-state index is 0.0255. The molecule has 10 nitrogen and oxygen atoms in total. The van der Waals surface area contributed by atoms with Crippen LogP contribution in [0.25, 0.3) is 4.85 Å². The maximum Gasteiger partial charge on any atom is 0.288 e. The molecule has 2 amide bonds. The van der Waals surface area contributed by atoms with E-state index in [4.69, 9.17) is 12.3 Å². The highest BCUT2D eigenvalue weighted by Gasteiger charge is 2.18. The summed E-state index contributed by atoms with van der Waals surface area (Å²) in [5, 5.41) is 5.83. The van der Waals surface area contributed by atoms with E-state index in [0.29, 0.717) is 0 Å². The van der Waals surface area contributed by atoms with E-state index in [9.17, 15) is 9.59 Å². The Balaban J connectivity index is 1.67. The lowest BCUT2D eigenvalue weighted by molar-refractivity contribution is -0.129. The van der Waals surface area contributed by atoms with Crippen LogP contribution in [-0.2, 0) is 4.79 Å². The van der Waals surface area contributed by atoms with Crippen LogP contribution in [0.4, 0.5) is 23.1 Å². The number of hydrogen-bond acceptors (Lipinski definition) is 7. The second-order valence-electron chi connectivity index (χ2n) is 6.48. The number of amides is 2. The maximum absolute atomic E-state index is 11.5. The SMILES string of the molecule is [C-]#[N+]CNc1nc(Nc2ccc(N3CCN(C(C)=O)CC3)cc2)ncc1C(N)=O. The van der Waals surface area contributed by atoms with Crippen molar-refractivity contribution in [1.82, 2.24) is 14.9 Å². The molecule has 0 saturated carbocycles. The summed E-state index contributed by atoms with van der Waals surface area (Å²) in [6.45, 7) is 11.5. The number of nitrogens with two attached hydrogens (primary N) is 1. The van der Waals surface area contributed by atoms with E-state index in [1.54, 1.807) is 6.92 Å². The molecule has 4 N–H and O–H groups in total. The highest BCUT2D eigenvalue weighted by molar-refractivity contribution is 5.97. The minimum atomic E-state index is -0.668. The van der Waals surface area contributed by atoms with Gasteiger partial charge in [-0.1, -0.05) is 0 Å². The molecule has 29 heavy (non-hydrogen) atoms. The van der Waals surface area contributed by atoms with E-state index in [1.165, 1.54) is 6.20 Å². The number of nitrogens with one attached hydrogen (secondary N) is 2. The molecule has 2 aromatic rings. The van der Waals surface area contributed by atoms with Gasteiger partial charge in [0.1, 0.15) is 11.4 Å². The Labute approximate surface area is 168 Å². The van der Waals surface area contributed by atoms with Crippen LogP contribution in [0.2, 0.25) is 0 Å². The van der Waals surface area contributed by atoms with Crippen LogP contribution in [0, 0.1) is 6.57 Å². The first-order valence-corrected chi connectivity index (χ1v) is 9.09. The monoisotopic (exact) mass is 394 g/mol. The molecule has 0 atom stereocenters. The number of carbonyl (C=O) groups is 2. The molecule has 1 aliphatic rings. The first-order valence-electron chi connectivity index (χ1n) is 9.09. The van der Waals surface area contributed by atoms with Crippen molar-refractivity contribution in [2.75, 3.05) is 48.4 Å². The normalized spacial score (nSPS) is 13.5. The number of anilines is 4. The lowest BCUT2D eigenvalue weighted by Crippen LogP contribution is -2.48. The number of benzene rings is 1. The molecule has 150 valence electrons. The van der Waals surface area contributed by atoms with Gasteiger partial charge < -0.3 is 26.2 Å². The molecular weight excluding hydrogens is 372 g/mol. The summed E-state index contributed by atoms with van der Waals surface area (Å²) in [4.78, 5) is 38.5. The van der Waals surface area contributed by atoms with Crippen LogP contribution in [0.15, 0.2) is 30.5 Å². The second-order valence-corrected chi connectivity index (χ2v) is 6.48. The van der Waals surface area contributed by atoms with Crippen molar-refractivity contribution in [3.05, 3.63) is 47.4 Å². The summed E-state index contributed by atoms with van der Waals surface area (Å²) in [6, 6.07) is 7.79. The van der Waals surface area contributed by atoms with Crippen LogP contribution >= 0.6 is 0 Å². The van der Waals surface area contributed by atoms with Gasteiger partial charge >= 0.3 is 0 Å². The van der Waals surface area contributed by atoms with Crippen LogP contribution in [-0.4, -0.2) is 59.5 Å². The van der Waals surface area contributed by atoms with Gasteiger partial charge in [0.15, 0.2) is 0 Å². The largest absolute Gasteiger partial charge is 0.368 e. The zero-order valence-electron chi connectivity index (χ0n) is 16.1. The fourth-order valence-corrected chi connectivity index (χ4v) is 3.04. The molecule has 10 heteroatoms. The lowest BCUT2D eigenvalue weighted by atomic mass is 10.2. The topological polar surface area (TPSA) is 121 Å². The number of aromatic nitrogens is 2.